The van der Waals surface area contributed by atoms with Crippen molar-refractivity contribution in [3.05, 3.63) is 41.6 Å². The van der Waals surface area contributed by atoms with Gasteiger partial charge in [0.05, 0.1) is 23.7 Å². The number of fused-ring (bicyclic) bond motifs is 1. The highest BCUT2D eigenvalue weighted by atomic mass is 32.2. The van der Waals surface area contributed by atoms with Crippen molar-refractivity contribution in [2.45, 2.75) is 18.0 Å². The Bertz CT molecular complexity index is 967. The van der Waals surface area contributed by atoms with Gasteiger partial charge in [-0.1, -0.05) is 6.07 Å². The molecule has 0 bridgehead atoms. The first-order valence-corrected chi connectivity index (χ1v) is 9.82. The lowest BCUT2D eigenvalue weighted by Gasteiger charge is -2.27. The number of benzene rings is 1. The van der Waals surface area contributed by atoms with Gasteiger partial charge in [-0.3, -0.25) is 14.8 Å². The van der Waals surface area contributed by atoms with Crippen molar-refractivity contribution in [1.82, 2.24) is 20.0 Å². The van der Waals surface area contributed by atoms with E-state index in [4.69, 9.17) is 0 Å². The Kier molecular flexibility index (Phi) is 4.68. The molecule has 1 aromatic heterocycles. The molecule has 0 aliphatic carbocycles. The molecule has 138 valence electrons. The predicted octanol–water partition coefficient (Wildman–Crippen LogP) is 0.694. The maximum absolute atomic E-state index is 12.7. The maximum Gasteiger partial charge on any atom is 0.320 e. The Balaban J connectivity index is 1.78. The highest BCUT2D eigenvalue weighted by Crippen LogP contribution is 2.20. The first kappa shape index (κ1) is 17.9. The van der Waals surface area contributed by atoms with E-state index in [2.05, 4.69) is 15.7 Å². The number of anilines is 1. The second-order valence-corrected chi connectivity index (χ2v) is 7.99. The smallest absolute Gasteiger partial charge is 0.320 e. The molecule has 2 N–H and O–H groups in total. The minimum absolute atomic E-state index is 0.113. The van der Waals surface area contributed by atoms with Crippen molar-refractivity contribution in [1.29, 1.82) is 0 Å². The van der Waals surface area contributed by atoms with Crippen LogP contribution < -0.4 is 10.6 Å². The lowest BCUT2D eigenvalue weighted by Crippen LogP contribution is -2.38. The summed E-state index contributed by atoms with van der Waals surface area (Å²) in [4.78, 5) is 25.9. The van der Waals surface area contributed by atoms with E-state index in [0.717, 1.165) is 11.9 Å². The van der Waals surface area contributed by atoms with Crippen LogP contribution in [0.5, 0.6) is 0 Å². The van der Waals surface area contributed by atoms with Crippen molar-refractivity contribution in [3.63, 3.8) is 0 Å². The number of urea groups is 1. The zero-order valence-electron chi connectivity index (χ0n) is 14.4. The zero-order valence-corrected chi connectivity index (χ0v) is 15.2. The van der Waals surface area contributed by atoms with Gasteiger partial charge in [0.1, 0.15) is 0 Å². The van der Waals surface area contributed by atoms with Gasteiger partial charge in [0.15, 0.2) is 15.7 Å². The van der Waals surface area contributed by atoms with Crippen LogP contribution in [0.3, 0.4) is 0 Å². The molecule has 9 nitrogen and oxygen atoms in total. The third-order valence-electron chi connectivity index (χ3n) is 4.06. The number of sulfone groups is 1. The molecule has 0 atom stereocenters. The number of rotatable bonds is 3. The quantitative estimate of drug-likeness (QED) is 0.817. The van der Waals surface area contributed by atoms with Crippen LogP contribution in [0.15, 0.2) is 35.2 Å². The SMILES string of the molecule is CNC(=O)Nc1cc2n(n1)CCN(C(=O)c1cccc(S(C)(=O)=O)c1)C2. The largest absolute Gasteiger partial charge is 0.341 e. The van der Waals surface area contributed by atoms with Crippen molar-refractivity contribution >= 4 is 27.6 Å². The third kappa shape index (κ3) is 3.69. The highest BCUT2D eigenvalue weighted by Gasteiger charge is 2.24. The van der Waals surface area contributed by atoms with Gasteiger partial charge in [0.2, 0.25) is 0 Å². The van der Waals surface area contributed by atoms with Crippen LogP contribution in [0.2, 0.25) is 0 Å². The standard InChI is InChI=1S/C16H19N5O4S/c1-17-16(23)18-14-9-12-10-20(6-7-21(12)19-14)15(22)11-4-3-5-13(8-11)26(2,24)25/h3-5,8-9H,6-7,10H2,1-2H3,(H2,17,18,19,23). The molecule has 0 radical (unpaired) electrons. The van der Waals surface area contributed by atoms with Gasteiger partial charge in [-0.25, -0.2) is 13.2 Å². The molecule has 1 aromatic carbocycles. The monoisotopic (exact) mass is 377 g/mol. The van der Waals surface area contributed by atoms with Crippen LogP contribution in [0.25, 0.3) is 0 Å². The Labute approximate surface area is 150 Å². The molecule has 2 aromatic rings. The van der Waals surface area contributed by atoms with E-state index in [1.165, 1.54) is 19.2 Å². The number of hydrogen-bond donors (Lipinski definition) is 2. The normalized spacial score (nSPS) is 13.8. The molecule has 26 heavy (non-hydrogen) atoms. The summed E-state index contributed by atoms with van der Waals surface area (Å²) in [7, 11) is -1.87. The van der Waals surface area contributed by atoms with Crippen LogP contribution in [0.4, 0.5) is 10.6 Å². The fourth-order valence-electron chi connectivity index (χ4n) is 2.72. The summed E-state index contributed by atoms with van der Waals surface area (Å²) in [5.41, 5.74) is 1.11. The van der Waals surface area contributed by atoms with Gasteiger partial charge in [0, 0.05) is 31.5 Å². The highest BCUT2D eigenvalue weighted by molar-refractivity contribution is 7.90. The van der Waals surface area contributed by atoms with E-state index < -0.39 is 9.84 Å². The van der Waals surface area contributed by atoms with Crippen LogP contribution >= 0.6 is 0 Å². The second kappa shape index (κ2) is 6.79. The summed E-state index contributed by atoms with van der Waals surface area (Å²) in [6.07, 6.45) is 1.11. The van der Waals surface area contributed by atoms with Crippen LogP contribution in [-0.4, -0.2) is 54.9 Å². The number of carbonyl (C=O) groups excluding carboxylic acids is 2. The lowest BCUT2D eigenvalue weighted by molar-refractivity contribution is 0.0706. The summed E-state index contributed by atoms with van der Waals surface area (Å²) in [5, 5.41) is 9.32. The van der Waals surface area contributed by atoms with E-state index in [-0.39, 0.29) is 16.8 Å². The van der Waals surface area contributed by atoms with Gasteiger partial charge in [-0.2, -0.15) is 5.10 Å². The van der Waals surface area contributed by atoms with Gasteiger partial charge in [0.25, 0.3) is 5.91 Å². The molecule has 1 aliphatic rings. The number of hydrogen-bond acceptors (Lipinski definition) is 5. The molecular formula is C16H19N5O4S. The summed E-state index contributed by atoms with van der Waals surface area (Å²) in [6, 6.07) is 7.36. The minimum Gasteiger partial charge on any atom is -0.341 e. The fraction of sp³-hybridized carbons (Fsp3) is 0.312. The number of nitrogens with zero attached hydrogens (tertiary/aromatic N) is 3. The lowest BCUT2D eigenvalue weighted by atomic mass is 10.2. The first-order chi connectivity index (χ1) is 12.3. The molecule has 1 aliphatic heterocycles. The third-order valence-corrected chi connectivity index (χ3v) is 5.17. The van der Waals surface area contributed by atoms with Gasteiger partial charge in [-0.05, 0) is 18.2 Å². The maximum atomic E-state index is 12.7. The van der Waals surface area contributed by atoms with Gasteiger partial charge in [-0.15, -0.1) is 0 Å². The van der Waals surface area contributed by atoms with E-state index in [9.17, 15) is 18.0 Å². The van der Waals surface area contributed by atoms with E-state index in [1.807, 2.05) is 0 Å². The predicted molar refractivity (Wildman–Crippen MR) is 94.6 cm³/mol. The second-order valence-electron chi connectivity index (χ2n) is 5.97. The van der Waals surface area contributed by atoms with Gasteiger partial charge < -0.3 is 10.2 Å². The number of carbonyl (C=O) groups is 2. The molecule has 10 heteroatoms. The van der Waals surface area contributed by atoms with Crippen molar-refractivity contribution in [2.75, 3.05) is 25.2 Å². The zero-order chi connectivity index (χ0) is 18.9. The van der Waals surface area contributed by atoms with Crippen LogP contribution in [0.1, 0.15) is 16.1 Å². The molecule has 0 saturated carbocycles. The van der Waals surface area contributed by atoms with E-state index in [0.29, 0.717) is 31.0 Å². The number of amides is 3. The average molecular weight is 377 g/mol. The Morgan fingerprint density at radius 1 is 1.19 bits per heavy atom. The summed E-state index contributed by atoms with van der Waals surface area (Å²) in [6.45, 7) is 1.25. The fourth-order valence-corrected chi connectivity index (χ4v) is 3.39. The minimum atomic E-state index is -3.38. The molecular weight excluding hydrogens is 358 g/mol. The van der Waals surface area contributed by atoms with Crippen molar-refractivity contribution in [3.8, 4) is 0 Å². The Hall–Kier alpha value is -2.88. The number of aromatic nitrogens is 2. The van der Waals surface area contributed by atoms with E-state index >= 15 is 0 Å². The van der Waals surface area contributed by atoms with Crippen molar-refractivity contribution < 1.29 is 18.0 Å². The molecule has 0 spiro atoms. The summed E-state index contributed by atoms with van der Waals surface area (Å²) in [5.74, 6) is 0.163. The average Bonchev–Trinajstić information content (AvgIpc) is 3.01. The topological polar surface area (TPSA) is 113 Å². The molecule has 2 heterocycles. The number of nitrogens with one attached hydrogen (secondary N) is 2. The molecule has 0 unspecified atom stereocenters. The Morgan fingerprint density at radius 3 is 2.65 bits per heavy atom. The molecule has 3 amide bonds. The van der Waals surface area contributed by atoms with Crippen molar-refractivity contribution in [2.24, 2.45) is 0 Å². The summed E-state index contributed by atoms with van der Waals surface area (Å²) >= 11 is 0. The van der Waals surface area contributed by atoms with Crippen LogP contribution in [0, 0.1) is 0 Å². The van der Waals surface area contributed by atoms with E-state index in [1.54, 1.807) is 27.8 Å². The first-order valence-electron chi connectivity index (χ1n) is 7.93. The Morgan fingerprint density at radius 2 is 1.96 bits per heavy atom. The molecule has 3 rings (SSSR count). The molecule has 0 fully saturated rings. The summed E-state index contributed by atoms with van der Waals surface area (Å²) < 4.78 is 25.1. The van der Waals surface area contributed by atoms with Crippen LogP contribution in [-0.2, 0) is 22.9 Å². The van der Waals surface area contributed by atoms with Gasteiger partial charge >= 0.3 is 6.03 Å². The molecule has 0 saturated heterocycles.